The van der Waals surface area contributed by atoms with E-state index < -0.39 is 22.3 Å². The molecule has 1 fully saturated rings. The second kappa shape index (κ2) is 5.88. The number of hydrogen-bond donors (Lipinski definition) is 1. The first kappa shape index (κ1) is 15.6. The van der Waals surface area contributed by atoms with Gasteiger partial charge in [0.25, 0.3) is 5.69 Å². The smallest absolute Gasteiger partial charge is 0.338 e. The Kier molecular flexibility index (Phi) is 4.36. The Balaban J connectivity index is 2.54. The molecule has 1 N–H and O–H groups in total. The third kappa shape index (κ3) is 2.94. The van der Waals surface area contributed by atoms with E-state index in [-0.39, 0.29) is 22.7 Å². The average Bonchev–Trinajstić information content (AvgIpc) is 2.40. The number of carbonyl (C=O) groups is 1. The van der Waals surface area contributed by atoms with Crippen LogP contribution in [0.3, 0.4) is 0 Å². The van der Waals surface area contributed by atoms with Gasteiger partial charge in [-0.2, -0.15) is 11.8 Å². The summed E-state index contributed by atoms with van der Waals surface area (Å²) in [7, 11) is 0. The van der Waals surface area contributed by atoms with Crippen molar-refractivity contribution in [3.8, 4) is 0 Å². The van der Waals surface area contributed by atoms with Crippen LogP contribution >= 0.6 is 11.8 Å². The molecule has 1 saturated heterocycles. The molecule has 2 rings (SSSR count). The predicted molar refractivity (Wildman–Crippen MR) is 78.7 cm³/mol. The molecule has 0 amide bonds. The van der Waals surface area contributed by atoms with E-state index in [0.29, 0.717) is 6.54 Å². The van der Waals surface area contributed by atoms with Gasteiger partial charge in [-0.15, -0.1) is 0 Å². The summed E-state index contributed by atoms with van der Waals surface area (Å²) in [5.41, 5.74) is -0.917. The molecule has 114 valence electrons. The van der Waals surface area contributed by atoms with Crippen LogP contribution in [-0.4, -0.2) is 39.6 Å². The summed E-state index contributed by atoms with van der Waals surface area (Å²) < 4.78 is 13.9. The number of carboxylic acid groups (broad SMARTS) is 1. The molecule has 0 saturated carbocycles. The number of anilines is 1. The maximum absolute atomic E-state index is 13.9. The minimum absolute atomic E-state index is 0.00229. The zero-order chi connectivity index (χ0) is 15.7. The zero-order valence-electron chi connectivity index (χ0n) is 11.6. The quantitative estimate of drug-likeness (QED) is 0.682. The molecule has 2 atom stereocenters. The van der Waals surface area contributed by atoms with Gasteiger partial charge in [-0.05, 0) is 6.92 Å². The Morgan fingerprint density at radius 1 is 1.52 bits per heavy atom. The van der Waals surface area contributed by atoms with Crippen LogP contribution in [0.4, 0.5) is 15.8 Å². The third-order valence-corrected chi connectivity index (χ3v) is 5.02. The van der Waals surface area contributed by atoms with E-state index in [1.807, 2.05) is 13.8 Å². The first-order valence-corrected chi connectivity index (χ1v) is 7.47. The average molecular weight is 314 g/mol. The molecule has 0 spiro atoms. The lowest BCUT2D eigenvalue weighted by molar-refractivity contribution is -0.384. The number of hydrogen-bond acceptors (Lipinski definition) is 5. The lowest BCUT2D eigenvalue weighted by Gasteiger charge is -2.38. The largest absolute Gasteiger partial charge is 0.478 e. The number of halogens is 1. The maximum atomic E-state index is 13.9. The standard InChI is InChI=1S/C13H15FN2O4S/c1-7-8(2)21-4-3-15(7)11-6-10(14)9(13(17)18)5-12(11)16(19)20/h5-8H,3-4H2,1-2H3,(H,17,18). The summed E-state index contributed by atoms with van der Waals surface area (Å²) in [6.07, 6.45) is 0. The van der Waals surface area contributed by atoms with Gasteiger partial charge >= 0.3 is 5.97 Å². The summed E-state index contributed by atoms with van der Waals surface area (Å²) >= 11 is 1.75. The SMILES string of the molecule is CC1SCCN(c2cc(F)c(C(=O)O)cc2[N+](=O)[O-])C1C. The highest BCUT2D eigenvalue weighted by Gasteiger charge is 2.32. The summed E-state index contributed by atoms with van der Waals surface area (Å²) in [5.74, 6) is -1.69. The molecule has 0 aromatic heterocycles. The number of nitro benzene ring substituents is 1. The Morgan fingerprint density at radius 2 is 2.19 bits per heavy atom. The zero-order valence-corrected chi connectivity index (χ0v) is 12.4. The molecule has 0 aliphatic carbocycles. The van der Waals surface area contributed by atoms with Crippen molar-refractivity contribution < 1.29 is 19.2 Å². The van der Waals surface area contributed by atoms with Crippen LogP contribution in [0.25, 0.3) is 0 Å². The Bertz CT molecular complexity index is 596. The fourth-order valence-electron chi connectivity index (χ4n) is 2.36. The second-order valence-corrected chi connectivity index (χ2v) is 6.38. The molecule has 8 heteroatoms. The number of carboxylic acids is 1. The molecule has 6 nitrogen and oxygen atoms in total. The molecule has 1 aliphatic rings. The summed E-state index contributed by atoms with van der Waals surface area (Å²) in [6.45, 7) is 4.49. The van der Waals surface area contributed by atoms with Gasteiger partial charge in [-0.25, -0.2) is 9.18 Å². The summed E-state index contributed by atoms with van der Waals surface area (Å²) in [6, 6.07) is 1.75. The second-order valence-electron chi connectivity index (χ2n) is 4.89. The van der Waals surface area contributed by atoms with Crippen LogP contribution in [-0.2, 0) is 0 Å². The first-order valence-electron chi connectivity index (χ1n) is 6.42. The molecule has 1 aromatic rings. The van der Waals surface area contributed by atoms with E-state index in [2.05, 4.69) is 0 Å². The van der Waals surface area contributed by atoms with Crippen molar-refractivity contribution in [1.82, 2.24) is 0 Å². The van der Waals surface area contributed by atoms with E-state index in [0.717, 1.165) is 17.9 Å². The topological polar surface area (TPSA) is 83.7 Å². The van der Waals surface area contributed by atoms with E-state index in [1.165, 1.54) is 0 Å². The number of benzene rings is 1. The fourth-order valence-corrected chi connectivity index (χ4v) is 3.46. The van der Waals surface area contributed by atoms with Gasteiger partial charge in [0.2, 0.25) is 0 Å². The van der Waals surface area contributed by atoms with E-state index in [4.69, 9.17) is 5.11 Å². The number of rotatable bonds is 3. The lowest BCUT2D eigenvalue weighted by Crippen LogP contribution is -2.45. The van der Waals surface area contributed by atoms with Crippen LogP contribution < -0.4 is 4.90 Å². The molecule has 2 unspecified atom stereocenters. The van der Waals surface area contributed by atoms with E-state index in [1.54, 1.807) is 16.7 Å². The van der Waals surface area contributed by atoms with Crippen molar-refractivity contribution in [2.75, 3.05) is 17.2 Å². The maximum Gasteiger partial charge on any atom is 0.338 e. The molecule has 1 aromatic carbocycles. The Hall–Kier alpha value is -1.83. The van der Waals surface area contributed by atoms with Gasteiger partial charge < -0.3 is 10.0 Å². The molecular weight excluding hydrogens is 299 g/mol. The van der Waals surface area contributed by atoms with Gasteiger partial charge in [-0.1, -0.05) is 6.92 Å². The van der Waals surface area contributed by atoms with E-state index >= 15 is 0 Å². The van der Waals surface area contributed by atoms with Gasteiger partial charge in [-0.3, -0.25) is 10.1 Å². The highest BCUT2D eigenvalue weighted by Crippen LogP contribution is 2.36. The fraction of sp³-hybridized carbons (Fsp3) is 0.462. The lowest BCUT2D eigenvalue weighted by atomic mass is 10.1. The molecule has 0 radical (unpaired) electrons. The van der Waals surface area contributed by atoms with Crippen LogP contribution in [0.5, 0.6) is 0 Å². The number of nitrogens with zero attached hydrogens (tertiary/aromatic N) is 2. The van der Waals surface area contributed by atoms with Crippen molar-refractivity contribution in [3.63, 3.8) is 0 Å². The van der Waals surface area contributed by atoms with Crippen molar-refractivity contribution in [2.24, 2.45) is 0 Å². The van der Waals surface area contributed by atoms with Crippen molar-refractivity contribution >= 4 is 29.1 Å². The summed E-state index contributed by atoms with van der Waals surface area (Å²) in [5, 5.41) is 20.3. The molecule has 1 aliphatic heterocycles. The minimum atomic E-state index is -1.52. The van der Waals surface area contributed by atoms with E-state index in [9.17, 15) is 19.3 Å². The summed E-state index contributed by atoms with van der Waals surface area (Å²) in [4.78, 5) is 23.2. The van der Waals surface area contributed by atoms with Crippen LogP contribution in [0.2, 0.25) is 0 Å². The Labute approximate surface area is 125 Å². The highest BCUT2D eigenvalue weighted by atomic mass is 32.2. The van der Waals surface area contributed by atoms with Crippen molar-refractivity contribution in [3.05, 3.63) is 33.6 Å². The molecule has 21 heavy (non-hydrogen) atoms. The monoisotopic (exact) mass is 314 g/mol. The number of thioether (sulfide) groups is 1. The first-order chi connectivity index (χ1) is 9.82. The molecular formula is C13H15FN2O4S. The predicted octanol–water partition coefficient (Wildman–Crippen LogP) is 2.76. The van der Waals surface area contributed by atoms with Crippen LogP contribution in [0, 0.1) is 15.9 Å². The number of nitro groups is 1. The molecule has 1 heterocycles. The van der Waals surface area contributed by atoms with Gasteiger partial charge in [0.1, 0.15) is 17.1 Å². The van der Waals surface area contributed by atoms with Crippen LogP contribution in [0.15, 0.2) is 12.1 Å². The van der Waals surface area contributed by atoms with Gasteiger partial charge in [0.15, 0.2) is 0 Å². The Morgan fingerprint density at radius 3 is 2.76 bits per heavy atom. The van der Waals surface area contributed by atoms with Gasteiger partial charge in [0, 0.05) is 35.7 Å². The highest BCUT2D eigenvalue weighted by molar-refractivity contribution is 8.00. The minimum Gasteiger partial charge on any atom is -0.478 e. The van der Waals surface area contributed by atoms with Crippen molar-refractivity contribution in [1.29, 1.82) is 0 Å². The third-order valence-electron chi connectivity index (χ3n) is 3.68. The van der Waals surface area contributed by atoms with Crippen molar-refractivity contribution in [2.45, 2.75) is 25.1 Å². The normalized spacial score (nSPS) is 22.1. The van der Waals surface area contributed by atoms with Crippen LogP contribution in [0.1, 0.15) is 24.2 Å². The molecule has 0 bridgehead atoms. The van der Waals surface area contributed by atoms with Gasteiger partial charge in [0.05, 0.1) is 4.92 Å². The number of aromatic carboxylic acids is 1.